The molecule has 0 amide bonds. The normalized spacial score (nSPS) is 10.7. The molecule has 0 atom stereocenters. The molecule has 1 aromatic carbocycles. The number of imidazole rings is 1. The van der Waals surface area contributed by atoms with Crippen molar-refractivity contribution in [1.29, 1.82) is 0 Å². The number of anilines is 1. The Labute approximate surface area is 115 Å². The molecule has 2 aromatic heterocycles. The topological polar surface area (TPSA) is 133 Å². The van der Waals surface area contributed by atoms with Crippen molar-refractivity contribution >= 4 is 22.8 Å². The smallest absolute Gasteiger partial charge is 0.311 e. The second kappa shape index (κ2) is 4.67. The zero-order valence-corrected chi connectivity index (χ0v) is 10.3. The second-order valence-corrected chi connectivity index (χ2v) is 3.96. The summed E-state index contributed by atoms with van der Waals surface area (Å²) in [6, 6.07) is 2.85. The van der Waals surface area contributed by atoms with Crippen LogP contribution in [0.15, 0.2) is 24.5 Å². The lowest BCUT2D eigenvalue weighted by Gasteiger charge is -2.06. The van der Waals surface area contributed by atoms with Crippen LogP contribution in [0.1, 0.15) is 0 Å². The molecular weight excluding hydrogens is 283 g/mol. The standard InChI is InChI=1S/C11H7FN6O3/c12-5-1-2-6(18(19)20)7(3-5)21-10-8-9(15-4-14-8)16-11(13)17-10/h1-4H,(H3,13,14,15,16,17). The van der Waals surface area contributed by atoms with E-state index < -0.39 is 16.4 Å². The first kappa shape index (κ1) is 12.7. The molecule has 21 heavy (non-hydrogen) atoms. The molecule has 0 spiro atoms. The predicted octanol–water partition coefficient (Wildman–Crippen LogP) is 1.77. The second-order valence-electron chi connectivity index (χ2n) is 3.96. The van der Waals surface area contributed by atoms with Gasteiger partial charge in [-0.1, -0.05) is 0 Å². The molecule has 0 unspecified atom stereocenters. The molecule has 9 nitrogen and oxygen atoms in total. The zero-order valence-electron chi connectivity index (χ0n) is 10.3. The summed E-state index contributed by atoms with van der Waals surface area (Å²) in [5.41, 5.74) is 5.63. The fourth-order valence-electron chi connectivity index (χ4n) is 1.72. The van der Waals surface area contributed by atoms with Crippen molar-refractivity contribution in [2.45, 2.75) is 0 Å². The van der Waals surface area contributed by atoms with Crippen LogP contribution in [0.4, 0.5) is 16.0 Å². The van der Waals surface area contributed by atoms with Crippen LogP contribution in [0.2, 0.25) is 0 Å². The number of nitrogens with one attached hydrogen (secondary N) is 1. The van der Waals surface area contributed by atoms with Gasteiger partial charge in [0.05, 0.1) is 11.3 Å². The molecule has 3 N–H and O–H groups in total. The molecule has 0 fully saturated rings. The third-order valence-corrected chi connectivity index (χ3v) is 2.59. The Hall–Kier alpha value is -3.30. The van der Waals surface area contributed by atoms with Gasteiger partial charge in [0.2, 0.25) is 11.7 Å². The Bertz CT molecular complexity index is 849. The molecule has 10 heteroatoms. The van der Waals surface area contributed by atoms with Gasteiger partial charge in [0.25, 0.3) is 5.88 Å². The lowest BCUT2D eigenvalue weighted by molar-refractivity contribution is -0.385. The molecule has 0 radical (unpaired) electrons. The largest absolute Gasteiger partial charge is 0.429 e. The first-order valence-corrected chi connectivity index (χ1v) is 5.63. The summed E-state index contributed by atoms with van der Waals surface area (Å²) in [6.07, 6.45) is 1.34. The number of halogens is 1. The van der Waals surface area contributed by atoms with Crippen molar-refractivity contribution in [1.82, 2.24) is 19.9 Å². The third kappa shape index (κ3) is 2.29. The van der Waals surface area contributed by atoms with Crippen molar-refractivity contribution < 1.29 is 14.1 Å². The van der Waals surface area contributed by atoms with Gasteiger partial charge in [0.1, 0.15) is 11.3 Å². The first-order chi connectivity index (χ1) is 10.0. The van der Waals surface area contributed by atoms with Gasteiger partial charge in [-0.3, -0.25) is 10.1 Å². The van der Waals surface area contributed by atoms with Gasteiger partial charge in [-0.2, -0.15) is 9.97 Å². The number of nitro groups is 1. The number of nitrogens with two attached hydrogens (primary N) is 1. The van der Waals surface area contributed by atoms with E-state index in [0.717, 1.165) is 18.2 Å². The van der Waals surface area contributed by atoms with Crippen molar-refractivity contribution in [3.63, 3.8) is 0 Å². The number of H-pyrrole nitrogens is 1. The van der Waals surface area contributed by atoms with Gasteiger partial charge in [-0.15, -0.1) is 0 Å². The number of aromatic amines is 1. The summed E-state index contributed by atoms with van der Waals surface area (Å²) >= 11 is 0. The van der Waals surface area contributed by atoms with E-state index in [1.54, 1.807) is 0 Å². The minimum absolute atomic E-state index is 0.0799. The van der Waals surface area contributed by atoms with Gasteiger partial charge in [-0.05, 0) is 6.07 Å². The summed E-state index contributed by atoms with van der Waals surface area (Å²) in [6.45, 7) is 0. The van der Waals surface area contributed by atoms with Gasteiger partial charge in [-0.25, -0.2) is 9.37 Å². The third-order valence-electron chi connectivity index (χ3n) is 2.59. The van der Waals surface area contributed by atoms with Crippen LogP contribution in [-0.2, 0) is 0 Å². The minimum Gasteiger partial charge on any atom is -0.429 e. The van der Waals surface area contributed by atoms with E-state index in [0.29, 0.717) is 5.52 Å². The number of hydrogen-bond donors (Lipinski definition) is 2. The molecule has 3 aromatic rings. The molecule has 0 aliphatic heterocycles. The summed E-state index contributed by atoms with van der Waals surface area (Å²) in [5, 5.41) is 10.9. The quantitative estimate of drug-likeness (QED) is 0.554. The molecule has 106 valence electrons. The maximum Gasteiger partial charge on any atom is 0.311 e. The van der Waals surface area contributed by atoms with E-state index in [9.17, 15) is 14.5 Å². The van der Waals surface area contributed by atoms with E-state index in [4.69, 9.17) is 10.5 Å². The Kier molecular flexibility index (Phi) is 2.83. The number of nitrogens with zero attached hydrogens (tertiary/aromatic N) is 4. The highest BCUT2D eigenvalue weighted by atomic mass is 19.1. The number of hydrogen-bond acceptors (Lipinski definition) is 7. The average molecular weight is 290 g/mol. The van der Waals surface area contributed by atoms with Crippen LogP contribution in [0.3, 0.4) is 0 Å². The molecule has 0 aliphatic carbocycles. The number of fused-ring (bicyclic) bond motifs is 1. The number of ether oxygens (including phenoxy) is 1. The van der Waals surface area contributed by atoms with E-state index in [2.05, 4.69) is 19.9 Å². The van der Waals surface area contributed by atoms with Crippen LogP contribution >= 0.6 is 0 Å². The van der Waals surface area contributed by atoms with E-state index in [-0.39, 0.29) is 23.2 Å². The number of rotatable bonds is 3. The van der Waals surface area contributed by atoms with Crippen molar-refractivity contribution in [2.24, 2.45) is 0 Å². The maximum atomic E-state index is 13.3. The van der Waals surface area contributed by atoms with Crippen molar-refractivity contribution in [3.05, 3.63) is 40.5 Å². The van der Waals surface area contributed by atoms with Crippen molar-refractivity contribution in [2.75, 3.05) is 5.73 Å². The summed E-state index contributed by atoms with van der Waals surface area (Å²) in [7, 11) is 0. The number of nitrogen functional groups attached to an aromatic ring is 1. The van der Waals surface area contributed by atoms with Gasteiger partial charge in [0.15, 0.2) is 5.65 Å². The SMILES string of the molecule is Nc1nc(Oc2cc(F)ccc2[N+](=O)[O-])c2[nH]cnc2n1. The van der Waals surface area contributed by atoms with Gasteiger partial charge < -0.3 is 15.5 Å². The Morgan fingerprint density at radius 2 is 2.19 bits per heavy atom. The highest BCUT2D eigenvalue weighted by molar-refractivity contribution is 5.77. The molecule has 0 saturated carbocycles. The van der Waals surface area contributed by atoms with Crippen LogP contribution in [0.25, 0.3) is 11.2 Å². The molecule has 3 rings (SSSR count). The van der Waals surface area contributed by atoms with E-state index in [1.165, 1.54) is 6.33 Å². The van der Waals surface area contributed by atoms with E-state index in [1.807, 2.05) is 0 Å². The fraction of sp³-hybridized carbons (Fsp3) is 0. The highest BCUT2D eigenvalue weighted by Crippen LogP contribution is 2.33. The number of benzene rings is 1. The van der Waals surface area contributed by atoms with Gasteiger partial charge in [0, 0.05) is 12.1 Å². The lowest BCUT2D eigenvalue weighted by atomic mass is 10.3. The Morgan fingerprint density at radius 3 is 2.95 bits per heavy atom. The van der Waals surface area contributed by atoms with Crippen LogP contribution < -0.4 is 10.5 Å². The van der Waals surface area contributed by atoms with Gasteiger partial charge >= 0.3 is 5.69 Å². The average Bonchev–Trinajstić information content (AvgIpc) is 2.86. The van der Waals surface area contributed by atoms with Crippen LogP contribution in [-0.4, -0.2) is 24.9 Å². The molecule has 2 heterocycles. The Morgan fingerprint density at radius 1 is 1.38 bits per heavy atom. The molecule has 0 aliphatic rings. The molecule has 0 bridgehead atoms. The summed E-state index contributed by atoms with van der Waals surface area (Å²) in [4.78, 5) is 24.5. The number of nitro benzene ring substituents is 1. The summed E-state index contributed by atoms with van der Waals surface area (Å²) in [5.74, 6) is -1.18. The zero-order chi connectivity index (χ0) is 15.0. The monoisotopic (exact) mass is 290 g/mol. The maximum absolute atomic E-state index is 13.3. The lowest BCUT2D eigenvalue weighted by Crippen LogP contribution is -2.00. The summed E-state index contributed by atoms with van der Waals surface area (Å²) < 4.78 is 18.6. The minimum atomic E-state index is -0.691. The predicted molar refractivity (Wildman–Crippen MR) is 69.2 cm³/mol. The Balaban J connectivity index is 2.12. The first-order valence-electron chi connectivity index (χ1n) is 5.63. The van der Waals surface area contributed by atoms with Crippen LogP contribution in [0.5, 0.6) is 11.6 Å². The molecule has 0 saturated heterocycles. The fourth-order valence-corrected chi connectivity index (χ4v) is 1.72. The number of aromatic nitrogens is 4. The molecular formula is C11H7FN6O3. The van der Waals surface area contributed by atoms with E-state index >= 15 is 0 Å². The van der Waals surface area contributed by atoms with Crippen molar-refractivity contribution in [3.8, 4) is 11.6 Å². The highest BCUT2D eigenvalue weighted by Gasteiger charge is 2.19. The van der Waals surface area contributed by atoms with Crippen LogP contribution in [0, 0.1) is 15.9 Å².